The molecule has 23 heavy (non-hydrogen) atoms. The zero-order valence-corrected chi connectivity index (χ0v) is 14.8. The van der Waals surface area contributed by atoms with E-state index in [4.69, 9.17) is 0 Å². The fraction of sp³-hybridized carbons (Fsp3) is 0.556. The number of rotatable bonds is 6. The molecule has 126 valence electrons. The molecule has 1 aromatic rings. The summed E-state index contributed by atoms with van der Waals surface area (Å²) in [5.74, 6) is 0. The third-order valence-corrected chi connectivity index (χ3v) is 4.16. The van der Waals surface area contributed by atoms with Gasteiger partial charge >= 0.3 is 0 Å². The molecule has 2 rings (SSSR count). The number of likely N-dealkylation sites (tertiary alicyclic amines) is 1. The van der Waals surface area contributed by atoms with Gasteiger partial charge in [-0.2, -0.15) is 0 Å². The van der Waals surface area contributed by atoms with Crippen LogP contribution in [0.1, 0.15) is 39.3 Å². The van der Waals surface area contributed by atoms with E-state index in [0.717, 1.165) is 43.0 Å². The molecule has 1 unspecified atom stereocenters. The predicted octanol–water partition coefficient (Wildman–Crippen LogP) is 2.83. The lowest BCUT2D eigenvalue weighted by molar-refractivity contribution is 0.261. The number of nitrogens with one attached hydrogen (secondary N) is 1. The molecule has 1 aromatic heterocycles. The third kappa shape index (κ3) is 5.06. The number of imidazole rings is 1. The second kappa shape index (κ2) is 8.11. The third-order valence-electron chi connectivity index (χ3n) is 4.16. The molecule has 2 heterocycles. The maximum atomic E-state index is 4.64. The molecule has 1 aliphatic heterocycles. The van der Waals surface area contributed by atoms with Crippen molar-refractivity contribution in [2.45, 2.75) is 45.8 Å². The molecule has 0 spiro atoms. The summed E-state index contributed by atoms with van der Waals surface area (Å²) in [5, 5.41) is 3.61. The van der Waals surface area contributed by atoms with E-state index in [1.807, 2.05) is 50.1 Å². The lowest BCUT2D eigenvalue weighted by Crippen LogP contribution is -2.44. The highest BCUT2D eigenvalue weighted by molar-refractivity contribution is 5.92. The first-order valence-corrected chi connectivity index (χ1v) is 8.35. The Bertz CT molecular complexity index is 576. The molecular weight excluding hydrogens is 286 g/mol. The molecule has 5 heteroatoms. The van der Waals surface area contributed by atoms with E-state index in [-0.39, 0.29) is 6.17 Å². The van der Waals surface area contributed by atoms with Gasteiger partial charge < -0.3 is 9.47 Å². The van der Waals surface area contributed by atoms with Crippen LogP contribution in [0.3, 0.4) is 0 Å². The lowest BCUT2D eigenvalue weighted by atomic mass is 10.0. The van der Waals surface area contributed by atoms with Crippen LogP contribution >= 0.6 is 0 Å². The van der Waals surface area contributed by atoms with Crippen LogP contribution in [-0.2, 0) is 7.05 Å². The summed E-state index contributed by atoms with van der Waals surface area (Å²) in [4.78, 5) is 11.4. The van der Waals surface area contributed by atoms with E-state index in [1.54, 1.807) is 0 Å². The average molecular weight is 315 g/mol. The van der Waals surface area contributed by atoms with E-state index < -0.39 is 0 Å². The standard InChI is InChI=1S/C18H29N5/c1-6-7-14(2)20-16(4)21-17-8-10-23(11-9-17)15(3)18-12-22(5)13-19-18/h6-7,12-13,16-17,21H,3,8-11H2,1-2,4-5H3/b7-6-,20-14-. The highest BCUT2D eigenvalue weighted by Crippen LogP contribution is 2.21. The van der Waals surface area contributed by atoms with Crippen LogP contribution in [0.25, 0.3) is 5.70 Å². The quantitative estimate of drug-likeness (QED) is 0.821. The fourth-order valence-electron chi connectivity index (χ4n) is 3.01. The summed E-state index contributed by atoms with van der Waals surface area (Å²) in [7, 11) is 1.98. The van der Waals surface area contributed by atoms with Crippen LogP contribution < -0.4 is 5.32 Å². The van der Waals surface area contributed by atoms with Gasteiger partial charge in [0, 0.05) is 38.1 Å². The van der Waals surface area contributed by atoms with Gasteiger partial charge in [0.2, 0.25) is 0 Å². The first kappa shape index (κ1) is 17.5. The van der Waals surface area contributed by atoms with Crippen molar-refractivity contribution in [1.29, 1.82) is 0 Å². The first-order chi connectivity index (χ1) is 11.0. The van der Waals surface area contributed by atoms with E-state index >= 15 is 0 Å². The van der Waals surface area contributed by atoms with Crippen molar-refractivity contribution < 1.29 is 0 Å². The number of aliphatic imine (C=N–C) groups is 1. The Morgan fingerprint density at radius 1 is 1.48 bits per heavy atom. The second-order valence-corrected chi connectivity index (χ2v) is 6.25. The highest BCUT2D eigenvalue weighted by Gasteiger charge is 2.22. The monoisotopic (exact) mass is 315 g/mol. The Hall–Kier alpha value is -1.88. The molecular formula is C18H29N5. The van der Waals surface area contributed by atoms with Crippen LogP contribution in [-0.4, -0.2) is 45.5 Å². The molecule has 0 saturated carbocycles. The molecule has 0 amide bonds. The Labute approximate surface area is 139 Å². The van der Waals surface area contributed by atoms with Crippen molar-refractivity contribution >= 4 is 11.4 Å². The summed E-state index contributed by atoms with van der Waals surface area (Å²) >= 11 is 0. The van der Waals surface area contributed by atoms with Crippen molar-refractivity contribution in [3.05, 3.63) is 36.9 Å². The molecule has 1 atom stereocenters. The van der Waals surface area contributed by atoms with Gasteiger partial charge in [-0.15, -0.1) is 0 Å². The van der Waals surface area contributed by atoms with Crippen LogP contribution in [0.5, 0.6) is 0 Å². The van der Waals surface area contributed by atoms with Gasteiger partial charge in [0.05, 0.1) is 18.2 Å². The van der Waals surface area contributed by atoms with Gasteiger partial charge in [0.15, 0.2) is 0 Å². The molecule has 1 N–H and O–H groups in total. The minimum absolute atomic E-state index is 0.154. The number of piperidine rings is 1. The second-order valence-electron chi connectivity index (χ2n) is 6.25. The highest BCUT2D eigenvalue weighted by atomic mass is 15.2. The van der Waals surface area contributed by atoms with Crippen molar-refractivity contribution in [1.82, 2.24) is 19.8 Å². The van der Waals surface area contributed by atoms with E-state index in [0.29, 0.717) is 6.04 Å². The summed E-state index contributed by atoms with van der Waals surface area (Å²) in [6.07, 6.45) is 10.3. The maximum Gasteiger partial charge on any atom is 0.104 e. The zero-order valence-electron chi connectivity index (χ0n) is 14.8. The number of nitrogens with zero attached hydrogens (tertiary/aromatic N) is 4. The Morgan fingerprint density at radius 3 is 2.74 bits per heavy atom. The van der Waals surface area contributed by atoms with Gasteiger partial charge in [-0.1, -0.05) is 12.7 Å². The van der Waals surface area contributed by atoms with Gasteiger partial charge in [0.25, 0.3) is 0 Å². The molecule has 5 nitrogen and oxygen atoms in total. The van der Waals surface area contributed by atoms with Crippen molar-refractivity contribution in [2.75, 3.05) is 13.1 Å². The Balaban J connectivity index is 1.82. The van der Waals surface area contributed by atoms with Crippen LogP contribution in [0.4, 0.5) is 0 Å². The number of allylic oxidation sites excluding steroid dienone is 2. The van der Waals surface area contributed by atoms with Crippen molar-refractivity contribution in [3.8, 4) is 0 Å². The van der Waals surface area contributed by atoms with Crippen molar-refractivity contribution in [3.63, 3.8) is 0 Å². The number of aromatic nitrogens is 2. The van der Waals surface area contributed by atoms with Crippen LogP contribution in [0.15, 0.2) is 36.2 Å². The minimum Gasteiger partial charge on any atom is -0.370 e. The molecule has 0 aliphatic carbocycles. The predicted molar refractivity (Wildman–Crippen MR) is 97.4 cm³/mol. The minimum atomic E-state index is 0.154. The largest absolute Gasteiger partial charge is 0.370 e. The molecule has 1 saturated heterocycles. The van der Waals surface area contributed by atoms with Gasteiger partial charge in [-0.05, 0) is 39.7 Å². The normalized spacial score (nSPS) is 18.6. The Kier molecular flexibility index (Phi) is 6.16. The summed E-state index contributed by atoms with van der Waals surface area (Å²) in [6, 6.07) is 0.514. The number of hydrogen-bond donors (Lipinski definition) is 1. The molecule has 0 bridgehead atoms. The zero-order chi connectivity index (χ0) is 16.8. The van der Waals surface area contributed by atoms with Crippen LogP contribution in [0.2, 0.25) is 0 Å². The summed E-state index contributed by atoms with van der Waals surface area (Å²) in [5.41, 5.74) is 3.06. The van der Waals surface area contributed by atoms with E-state index in [2.05, 4.69) is 33.7 Å². The topological polar surface area (TPSA) is 45.5 Å². The van der Waals surface area contributed by atoms with Gasteiger partial charge in [-0.25, -0.2) is 4.98 Å². The Morgan fingerprint density at radius 2 is 2.17 bits per heavy atom. The van der Waals surface area contributed by atoms with Gasteiger partial charge in [0.1, 0.15) is 5.69 Å². The first-order valence-electron chi connectivity index (χ1n) is 8.35. The average Bonchev–Trinajstić information content (AvgIpc) is 2.94. The van der Waals surface area contributed by atoms with E-state index in [1.165, 1.54) is 0 Å². The molecule has 0 aromatic carbocycles. The summed E-state index contributed by atoms with van der Waals surface area (Å²) < 4.78 is 1.96. The smallest absolute Gasteiger partial charge is 0.104 e. The van der Waals surface area contributed by atoms with Crippen LogP contribution in [0, 0.1) is 0 Å². The maximum absolute atomic E-state index is 4.64. The molecule has 1 fully saturated rings. The van der Waals surface area contributed by atoms with E-state index in [9.17, 15) is 0 Å². The lowest BCUT2D eigenvalue weighted by Gasteiger charge is -2.35. The molecule has 0 radical (unpaired) electrons. The SMILES string of the molecule is C=C(c1cn(C)cn1)N1CCC(NC(C)/N=C(C)\C=C/C)CC1. The number of aryl methyl sites for hydroxylation is 1. The van der Waals surface area contributed by atoms with Gasteiger partial charge in [-0.3, -0.25) is 10.3 Å². The summed E-state index contributed by atoms with van der Waals surface area (Å²) in [6.45, 7) is 12.4. The number of hydrogen-bond acceptors (Lipinski definition) is 4. The van der Waals surface area contributed by atoms with Crippen molar-refractivity contribution in [2.24, 2.45) is 12.0 Å². The molecule has 1 aliphatic rings. The fourth-order valence-corrected chi connectivity index (χ4v) is 3.01.